The van der Waals surface area contributed by atoms with E-state index in [1.165, 1.54) is 5.52 Å². The van der Waals surface area contributed by atoms with Gasteiger partial charge in [0.2, 0.25) is 0 Å². The molecular weight excluding hydrogens is 256 g/mol. The number of aryl methyl sites for hydroxylation is 1. The van der Waals surface area contributed by atoms with Crippen LogP contribution in [0.2, 0.25) is 0 Å². The summed E-state index contributed by atoms with van der Waals surface area (Å²) in [5.74, 6) is 2.83. The molecule has 1 atom stereocenters. The molecule has 2 aromatic rings. The van der Waals surface area contributed by atoms with E-state index < -0.39 is 0 Å². The molecule has 0 aliphatic carbocycles. The molecule has 0 fully saturated rings. The third-order valence-electron chi connectivity index (χ3n) is 3.11. The molecule has 0 radical (unpaired) electrons. The van der Waals surface area contributed by atoms with Crippen molar-refractivity contribution in [1.82, 2.24) is 9.55 Å². The summed E-state index contributed by atoms with van der Waals surface area (Å²) in [5, 5.41) is 10.1. The van der Waals surface area contributed by atoms with Gasteiger partial charge in [0.15, 0.2) is 0 Å². The van der Waals surface area contributed by atoms with Crippen molar-refractivity contribution in [2.45, 2.75) is 39.3 Å². The average molecular weight is 278 g/mol. The Hall–Kier alpha value is -1.00. The number of fused-ring (bicyclic) bond motifs is 1. The van der Waals surface area contributed by atoms with E-state index in [-0.39, 0.29) is 6.10 Å². The van der Waals surface area contributed by atoms with Crippen LogP contribution in [-0.2, 0) is 13.0 Å². The molecule has 4 heteroatoms. The first-order chi connectivity index (χ1) is 9.26. The molecule has 3 nitrogen and oxygen atoms in total. The summed E-state index contributed by atoms with van der Waals surface area (Å²) in [6.07, 6.45) is 1.41. The fraction of sp³-hybridized carbons (Fsp3) is 0.533. The molecule has 19 heavy (non-hydrogen) atoms. The molecule has 1 heterocycles. The Labute approximate surface area is 119 Å². The fourth-order valence-electron chi connectivity index (χ4n) is 2.28. The van der Waals surface area contributed by atoms with Crippen molar-refractivity contribution in [3.63, 3.8) is 0 Å². The molecule has 104 valence electrons. The Morgan fingerprint density at radius 2 is 2.11 bits per heavy atom. The second-order valence-electron chi connectivity index (χ2n) is 4.69. The van der Waals surface area contributed by atoms with E-state index in [4.69, 9.17) is 0 Å². The molecule has 2 rings (SSSR count). The topological polar surface area (TPSA) is 38.0 Å². The van der Waals surface area contributed by atoms with Crippen molar-refractivity contribution in [1.29, 1.82) is 0 Å². The molecule has 0 spiro atoms. The average Bonchev–Trinajstić information content (AvgIpc) is 2.75. The number of thioether (sulfide) groups is 1. The van der Waals surface area contributed by atoms with Crippen molar-refractivity contribution in [3.05, 3.63) is 30.1 Å². The van der Waals surface area contributed by atoms with E-state index in [2.05, 4.69) is 29.5 Å². The number of hydrogen-bond donors (Lipinski definition) is 1. The van der Waals surface area contributed by atoms with Crippen LogP contribution in [0.25, 0.3) is 11.0 Å². The molecule has 0 saturated heterocycles. The largest absolute Gasteiger partial charge is 0.392 e. The summed E-state index contributed by atoms with van der Waals surface area (Å²) in [4.78, 5) is 4.67. The zero-order chi connectivity index (χ0) is 13.7. The number of hydrogen-bond acceptors (Lipinski definition) is 3. The minimum Gasteiger partial charge on any atom is -0.392 e. The number of benzene rings is 1. The number of rotatable bonds is 7. The number of aromatic nitrogens is 2. The number of para-hydroxylation sites is 2. The molecule has 0 aliphatic rings. The van der Waals surface area contributed by atoms with Gasteiger partial charge in [0, 0.05) is 18.7 Å². The Kier molecular flexibility index (Phi) is 5.28. The monoisotopic (exact) mass is 278 g/mol. The van der Waals surface area contributed by atoms with Gasteiger partial charge >= 0.3 is 0 Å². The van der Waals surface area contributed by atoms with E-state index in [1.807, 2.05) is 18.2 Å². The summed E-state index contributed by atoms with van der Waals surface area (Å²) in [7, 11) is 0. The van der Waals surface area contributed by atoms with E-state index in [0.29, 0.717) is 6.42 Å². The SMILES string of the molecule is CCCn1c(CC(O)CSCC)nc2ccccc21. The number of aliphatic hydroxyl groups excluding tert-OH is 1. The van der Waals surface area contributed by atoms with Gasteiger partial charge in [0.05, 0.1) is 17.1 Å². The Balaban J connectivity index is 2.23. The summed E-state index contributed by atoms with van der Waals surface area (Å²) >= 11 is 1.77. The van der Waals surface area contributed by atoms with Crippen LogP contribution >= 0.6 is 11.8 Å². The predicted molar refractivity (Wildman–Crippen MR) is 82.7 cm³/mol. The predicted octanol–water partition coefficient (Wildman–Crippen LogP) is 3.10. The maximum Gasteiger partial charge on any atom is 0.112 e. The molecule has 1 N–H and O–H groups in total. The van der Waals surface area contributed by atoms with Crippen LogP contribution < -0.4 is 0 Å². The normalized spacial score (nSPS) is 13.0. The lowest BCUT2D eigenvalue weighted by molar-refractivity contribution is 0.196. The second-order valence-corrected chi connectivity index (χ2v) is 6.00. The Bertz CT molecular complexity index is 524. The Morgan fingerprint density at radius 1 is 1.32 bits per heavy atom. The van der Waals surface area contributed by atoms with Gasteiger partial charge in [0.1, 0.15) is 5.82 Å². The summed E-state index contributed by atoms with van der Waals surface area (Å²) < 4.78 is 2.25. The van der Waals surface area contributed by atoms with Gasteiger partial charge in [-0.25, -0.2) is 4.98 Å². The van der Waals surface area contributed by atoms with E-state index in [9.17, 15) is 5.11 Å². The van der Waals surface area contributed by atoms with Crippen molar-refractivity contribution in [2.75, 3.05) is 11.5 Å². The summed E-state index contributed by atoms with van der Waals surface area (Å²) in [6.45, 7) is 5.25. The minimum absolute atomic E-state index is 0.308. The Morgan fingerprint density at radius 3 is 2.84 bits per heavy atom. The van der Waals surface area contributed by atoms with Gasteiger partial charge in [-0.1, -0.05) is 26.0 Å². The van der Waals surface area contributed by atoms with Crippen LogP contribution in [0, 0.1) is 0 Å². The van der Waals surface area contributed by atoms with E-state index >= 15 is 0 Å². The molecule has 0 saturated carbocycles. The van der Waals surface area contributed by atoms with Gasteiger partial charge in [-0.3, -0.25) is 0 Å². The maximum atomic E-state index is 10.1. The second kappa shape index (κ2) is 6.96. The van der Waals surface area contributed by atoms with Crippen LogP contribution in [0.3, 0.4) is 0 Å². The van der Waals surface area contributed by atoms with Crippen LogP contribution in [0.1, 0.15) is 26.1 Å². The number of imidazole rings is 1. The molecule has 1 aromatic heterocycles. The molecular formula is C15H22N2OS. The van der Waals surface area contributed by atoms with Crippen LogP contribution in [0.4, 0.5) is 0 Å². The highest BCUT2D eigenvalue weighted by Gasteiger charge is 2.13. The van der Waals surface area contributed by atoms with Crippen molar-refractivity contribution < 1.29 is 5.11 Å². The smallest absolute Gasteiger partial charge is 0.112 e. The van der Waals surface area contributed by atoms with Gasteiger partial charge in [-0.05, 0) is 24.3 Å². The molecule has 0 aliphatic heterocycles. The third kappa shape index (κ3) is 3.51. The fourth-order valence-corrected chi connectivity index (χ4v) is 2.90. The van der Waals surface area contributed by atoms with Gasteiger partial charge < -0.3 is 9.67 Å². The van der Waals surface area contributed by atoms with Crippen LogP contribution in [0.5, 0.6) is 0 Å². The van der Waals surface area contributed by atoms with E-state index in [0.717, 1.165) is 35.8 Å². The van der Waals surface area contributed by atoms with Gasteiger partial charge in [-0.2, -0.15) is 11.8 Å². The molecule has 0 bridgehead atoms. The van der Waals surface area contributed by atoms with Crippen molar-refractivity contribution >= 4 is 22.8 Å². The van der Waals surface area contributed by atoms with E-state index in [1.54, 1.807) is 11.8 Å². The van der Waals surface area contributed by atoms with Gasteiger partial charge in [-0.15, -0.1) is 0 Å². The zero-order valence-electron chi connectivity index (χ0n) is 11.7. The number of aliphatic hydroxyl groups is 1. The molecule has 0 amide bonds. The maximum absolute atomic E-state index is 10.1. The standard InChI is InChI=1S/C15H22N2OS/c1-3-9-17-14-8-6-5-7-13(14)16-15(17)10-12(18)11-19-4-2/h5-8,12,18H,3-4,9-11H2,1-2H3. The zero-order valence-corrected chi connectivity index (χ0v) is 12.5. The first kappa shape index (κ1) is 14.4. The summed E-state index contributed by atoms with van der Waals surface area (Å²) in [5.41, 5.74) is 2.20. The van der Waals surface area contributed by atoms with Gasteiger partial charge in [0.25, 0.3) is 0 Å². The highest BCUT2D eigenvalue weighted by atomic mass is 32.2. The molecule has 1 aromatic carbocycles. The highest BCUT2D eigenvalue weighted by Crippen LogP contribution is 2.18. The molecule has 1 unspecified atom stereocenters. The highest BCUT2D eigenvalue weighted by molar-refractivity contribution is 7.99. The summed E-state index contributed by atoms with van der Waals surface area (Å²) in [6, 6.07) is 8.20. The quantitative estimate of drug-likeness (QED) is 0.845. The third-order valence-corrected chi connectivity index (χ3v) is 4.14. The van der Waals surface area contributed by atoms with Crippen LogP contribution in [-0.4, -0.2) is 32.3 Å². The first-order valence-corrected chi connectivity index (χ1v) is 8.11. The van der Waals surface area contributed by atoms with Crippen molar-refractivity contribution in [3.8, 4) is 0 Å². The van der Waals surface area contributed by atoms with Crippen LogP contribution in [0.15, 0.2) is 24.3 Å². The lowest BCUT2D eigenvalue weighted by atomic mass is 10.2. The lowest BCUT2D eigenvalue weighted by Crippen LogP contribution is -2.17. The minimum atomic E-state index is -0.308. The first-order valence-electron chi connectivity index (χ1n) is 6.96. The number of nitrogens with zero attached hydrogens (tertiary/aromatic N) is 2. The lowest BCUT2D eigenvalue weighted by Gasteiger charge is -2.11. The van der Waals surface area contributed by atoms with Crippen molar-refractivity contribution in [2.24, 2.45) is 0 Å².